The van der Waals surface area contributed by atoms with Crippen LogP contribution in [0.3, 0.4) is 0 Å². The van der Waals surface area contributed by atoms with Crippen LogP contribution in [0, 0.1) is 0 Å². The van der Waals surface area contributed by atoms with Gasteiger partial charge < -0.3 is 25.8 Å². The molecule has 0 fully saturated rings. The van der Waals surface area contributed by atoms with Crippen LogP contribution in [0.5, 0.6) is 5.75 Å². The second-order valence-electron chi connectivity index (χ2n) is 8.46. The minimum Gasteiger partial charge on any atom is -0.497 e. The molecule has 0 unspecified atom stereocenters. The van der Waals surface area contributed by atoms with E-state index in [2.05, 4.69) is 22.3 Å². The minimum absolute atomic E-state index is 0.144. The standard InChI is InChI=1S/C27H31N3O3/c1-33-23-9-5-8-20(14-23)17-29-18-26(31)25(15-19-6-3-2-4-7-19)30-13-12-21-10-11-22(27(28)32)16-24(21)30/h2-11,14,16,25-26,29,31H,12-13,15,17-18H2,1H3,(H2,28,32)/t25-,26+/m0/s1. The molecular weight excluding hydrogens is 414 g/mol. The zero-order valence-electron chi connectivity index (χ0n) is 18.9. The number of rotatable bonds is 10. The van der Waals surface area contributed by atoms with Crippen molar-refractivity contribution in [2.24, 2.45) is 5.73 Å². The fraction of sp³-hybridized carbons (Fsp3) is 0.296. The van der Waals surface area contributed by atoms with Gasteiger partial charge in [-0.05, 0) is 53.8 Å². The van der Waals surface area contributed by atoms with E-state index in [4.69, 9.17) is 10.5 Å². The molecule has 3 aromatic carbocycles. The van der Waals surface area contributed by atoms with Gasteiger partial charge in [0, 0.05) is 30.9 Å². The predicted octanol–water partition coefficient (Wildman–Crippen LogP) is 2.92. The number of amides is 1. The Morgan fingerprint density at radius 2 is 1.88 bits per heavy atom. The highest BCUT2D eigenvalue weighted by Crippen LogP contribution is 2.32. The lowest BCUT2D eigenvalue weighted by atomic mass is 9.98. The van der Waals surface area contributed by atoms with Crippen molar-refractivity contribution in [3.8, 4) is 5.75 Å². The lowest BCUT2D eigenvalue weighted by molar-refractivity contribution is 0.100. The second kappa shape index (κ2) is 10.5. The van der Waals surface area contributed by atoms with Crippen molar-refractivity contribution in [1.82, 2.24) is 5.32 Å². The van der Waals surface area contributed by atoms with Crippen LogP contribution < -0.4 is 20.7 Å². The van der Waals surface area contributed by atoms with Gasteiger partial charge in [-0.15, -0.1) is 0 Å². The number of ether oxygens (including phenoxy) is 1. The molecule has 1 heterocycles. The summed E-state index contributed by atoms with van der Waals surface area (Å²) in [5.41, 5.74) is 10.4. The molecule has 1 aliphatic heterocycles. The number of aliphatic hydroxyl groups excluding tert-OH is 1. The first-order valence-electron chi connectivity index (χ1n) is 11.3. The Labute approximate surface area is 195 Å². The number of aliphatic hydroxyl groups is 1. The molecule has 6 heteroatoms. The maximum absolute atomic E-state index is 11.8. The summed E-state index contributed by atoms with van der Waals surface area (Å²) in [4.78, 5) is 14.0. The monoisotopic (exact) mass is 445 g/mol. The molecule has 0 bridgehead atoms. The van der Waals surface area contributed by atoms with Gasteiger partial charge in [-0.2, -0.15) is 0 Å². The number of nitrogens with one attached hydrogen (secondary N) is 1. The molecule has 172 valence electrons. The summed E-state index contributed by atoms with van der Waals surface area (Å²) in [5, 5.41) is 14.7. The third-order valence-electron chi connectivity index (χ3n) is 6.25. The number of nitrogens with zero attached hydrogens (tertiary/aromatic N) is 1. The molecule has 1 amide bonds. The summed E-state index contributed by atoms with van der Waals surface area (Å²) in [5.74, 6) is 0.375. The molecule has 0 spiro atoms. The summed E-state index contributed by atoms with van der Waals surface area (Å²) in [6.07, 6.45) is 0.964. The Hall–Kier alpha value is -3.35. The van der Waals surface area contributed by atoms with Gasteiger partial charge in [0.1, 0.15) is 5.75 Å². The van der Waals surface area contributed by atoms with Gasteiger partial charge in [0.15, 0.2) is 0 Å². The quantitative estimate of drug-likeness (QED) is 0.447. The lowest BCUT2D eigenvalue weighted by Crippen LogP contribution is -2.48. The topological polar surface area (TPSA) is 87.8 Å². The third kappa shape index (κ3) is 5.53. The number of anilines is 1. The van der Waals surface area contributed by atoms with Crippen molar-refractivity contribution in [3.05, 3.63) is 95.1 Å². The number of hydrogen-bond donors (Lipinski definition) is 3. The predicted molar refractivity (Wildman–Crippen MR) is 131 cm³/mol. The Bertz CT molecular complexity index is 1090. The molecule has 4 N–H and O–H groups in total. The highest BCUT2D eigenvalue weighted by molar-refractivity contribution is 5.94. The average Bonchev–Trinajstić information content (AvgIpc) is 3.26. The van der Waals surface area contributed by atoms with Crippen LogP contribution in [0.2, 0.25) is 0 Å². The first kappa shape index (κ1) is 22.8. The molecule has 0 radical (unpaired) electrons. The Balaban J connectivity index is 1.52. The number of benzene rings is 3. The minimum atomic E-state index is -0.612. The summed E-state index contributed by atoms with van der Waals surface area (Å²) in [6, 6.07) is 23.6. The Kier molecular flexibility index (Phi) is 7.27. The van der Waals surface area contributed by atoms with E-state index in [1.165, 1.54) is 5.56 Å². The van der Waals surface area contributed by atoms with Crippen LogP contribution in [0.4, 0.5) is 5.69 Å². The van der Waals surface area contributed by atoms with E-state index in [1.807, 2.05) is 54.6 Å². The van der Waals surface area contributed by atoms with Crippen LogP contribution in [0.25, 0.3) is 0 Å². The van der Waals surface area contributed by atoms with E-state index >= 15 is 0 Å². The van der Waals surface area contributed by atoms with Gasteiger partial charge >= 0.3 is 0 Å². The molecule has 2 atom stereocenters. The van der Waals surface area contributed by atoms with Crippen LogP contribution in [-0.4, -0.2) is 43.4 Å². The van der Waals surface area contributed by atoms with Gasteiger partial charge in [0.05, 0.1) is 19.3 Å². The highest BCUT2D eigenvalue weighted by atomic mass is 16.5. The molecule has 0 saturated carbocycles. The molecule has 0 saturated heterocycles. The Morgan fingerprint density at radius 3 is 2.64 bits per heavy atom. The number of nitrogens with two attached hydrogens (primary N) is 1. The van der Waals surface area contributed by atoms with Gasteiger partial charge in [-0.3, -0.25) is 4.79 Å². The average molecular weight is 446 g/mol. The van der Waals surface area contributed by atoms with E-state index < -0.39 is 12.0 Å². The smallest absolute Gasteiger partial charge is 0.248 e. The third-order valence-corrected chi connectivity index (χ3v) is 6.25. The molecule has 6 nitrogen and oxygen atoms in total. The van der Waals surface area contributed by atoms with Crippen molar-refractivity contribution in [3.63, 3.8) is 0 Å². The zero-order valence-corrected chi connectivity index (χ0v) is 18.9. The van der Waals surface area contributed by atoms with Crippen LogP contribution >= 0.6 is 0 Å². The Morgan fingerprint density at radius 1 is 1.09 bits per heavy atom. The van der Waals surface area contributed by atoms with Crippen LogP contribution in [0.15, 0.2) is 72.8 Å². The number of primary amides is 1. The fourth-order valence-electron chi connectivity index (χ4n) is 4.49. The number of methoxy groups -OCH3 is 1. The largest absolute Gasteiger partial charge is 0.497 e. The van der Waals surface area contributed by atoms with Crippen LogP contribution in [0.1, 0.15) is 27.0 Å². The number of fused-ring (bicyclic) bond motifs is 1. The first-order valence-corrected chi connectivity index (χ1v) is 11.3. The maximum Gasteiger partial charge on any atom is 0.248 e. The molecule has 33 heavy (non-hydrogen) atoms. The molecule has 0 aliphatic carbocycles. The van der Waals surface area contributed by atoms with E-state index in [0.717, 1.165) is 35.5 Å². The van der Waals surface area contributed by atoms with Crippen molar-refractivity contribution in [2.75, 3.05) is 25.1 Å². The highest BCUT2D eigenvalue weighted by Gasteiger charge is 2.31. The summed E-state index contributed by atoms with van der Waals surface area (Å²) >= 11 is 0. The first-order chi connectivity index (χ1) is 16.0. The normalized spacial score (nSPS) is 14.5. The van der Waals surface area contributed by atoms with Crippen LogP contribution in [-0.2, 0) is 19.4 Å². The fourth-order valence-corrected chi connectivity index (χ4v) is 4.49. The van der Waals surface area contributed by atoms with Crippen molar-refractivity contribution in [1.29, 1.82) is 0 Å². The van der Waals surface area contributed by atoms with Gasteiger partial charge in [-0.1, -0.05) is 48.5 Å². The molecule has 3 aromatic rings. The summed E-state index contributed by atoms with van der Waals surface area (Å²) in [6.45, 7) is 1.87. The van der Waals surface area contributed by atoms with Gasteiger partial charge in [0.2, 0.25) is 5.91 Å². The second-order valence-corrected chi connectivity index (χ2v) is 8.46. The van der Waals surface area contributed by atoms with E-state index in [-0.39, 0.29) is 6.04 Å². The molecule has 1 aliphatic rings. The number of carbonyl (C=O) groups is 1. The molecular formula is C27H31N3O3. The van der Waals surface area contributed by atoms with E-state index in [9.17, 15) is 9.90 Å². The lowest BCUT2D eigenvalue weighted by Gasteiger charge is -2.34. The maximum atomic E-state index is 11.8. The van der Waals surface area contributed by atoms with E-state index in [0.29, 0.717) is 25.1 Å². The van der Waals surface area contributed by atoms with Crippen molar-refractivity contribution in [2.45, 2.75) is 31.5 Å². The van der Waals surface area contributed by atoms with Gasteiger partial charge in [-0.25, -0.2) is 0 Å². The number of carbonyl (C=O) groups excluding carboxylic acids is 1. The van der Waals surface area contributed by atoms with Crippen molar-refractivity contribution < 1.29 is 14.6 Å². The summed E-state index contributed by atoms with van der Waals surface area (Å²) < 4.78 is 5.30. The summed E-state index contributed by atoms with van der Waals surface area (Å²) in [7, 11) is 1.65. The van der Waals surface area contributed by atoms with Crippen molar-refractivity contribution >= 4 is 11.6 Å². The number of hydrogen-bond acceptors (Lipinski definition) is 5. The zero-order chi connectivity index (χ0) is 23.2. The van der Waals surface area contributed by atoms with Gasteiger partial charge in [0.25, 0.3) is 0 Å². The SMILES string of the molecule is COc1cccc(CNC[C@@H](O)[C@H](Cc2ccccc2)N2CCc3ccc(C(N)=O)cc32)c1. The molecule has 0 aromatic heterocycles. The van der Waals surface area contributed by atoms with E-state index in [1.54, 1.807) is 13.2 Å². The molecule has 4 rings (SSSR count).